The topological polar surface area (TPSA) is 56.4 Å². The van der Waals surface area contributed by atoms with Crippen LogP contribution in [0, 0.1) is 0 Å². The van der Waals surface area contributed by atoms with Crippen LogP contribution >= 0.6 is 0 Å². The number of hydrogen-bond donors (Lipinski definition) is 0. The molecule has 0 unspecified atom stereocenters. The van der Waals surface area contributed by atoms with Gasteiger partial charge in [0.1, 0.15) is 0 Å². The smallest absolute Gasteiger partial charge is 0.0624 e. The van der Waals surface area contributed by atoms with Gasteiger partial charge < -0.3 is 20.9 Å². The van der Waals surface area contributed by atoms with E-state index in [1.54, 1.807) is 0 Å². The van der Waals surface area contributed by atoms with Gasteiger partial charge in [-0.15, -0.1) is 22.7 Å². The second kappa shape index (κ2) is 10.1. The Hall–Kier alpha value is -3.79. The Morgan fingerprint density at radius 2 is 0.500 bits per heavy atom. The van der Waals surface area contributed by atoms with Crippen LogP contribution in [-0.4, -0.2) is 13.7 Å². The highest BCUT2D eigenvalue weighted by molar-refractivity contribution is 7.31. The highest BCUT2D eigenvalue weighted by Gasteiger charge is 1.94. The maximum atomic E-state index is 4.89. The highest BCUT2D eigenvalue weighted by atomic mass is 15.0. The van der Waals surface area contributed by atoms with Gasteiger partial charge in [0.05, 0.1) is 0 Å². The second-order valence-electron chi connectivity index (χ2n) is 6.69. The summed E-state index contributed by atoms with van der Waals surface area (Å²) in [7, 11) is 0. The third-order valence-electron chi connectivity index (χ3n) is 4.42. The maximum Gasteiger partial charge on any atom is -0.0624 e. The van der Waals surface area contributed by atoms with E-state index in [4.69, 9.17) is 20.9 Å². The Balaban J connectivity index is 1.64. The molecule has 0 saturated carbocycles. The number of rotatable bonds is 9. The number of hydrogen-bond acceptors (Lipinski definition) is 0. The fourth-order valence-electron chi connectivity index (χ4n) is 2.99. The Labute approximate surface area is 179 Å². The van der Waals surface area contributed by atoms with Crippen molar-refractivity contribution in [2.75, 3.05) is 0 Å². The quantitative estimate of drug-likeness (QED) is 0.263. The van der Waals surface area contributed by atoms with Crippen LogP contribution in [0.4, 0.5) is 22.7 Å². The molecular weight excluding hydrogens is 366 g/mol. The second-order valence-corrected chi connectivity index (χ2v) is 6.69. The van der Waals surface area contributed by atoms with Crippen LogP contribution in [0.15, 0.2) is 121 Å². The molecule has 30 heavy (non-hydrogen) atoms. The van der Waals surface area contributed by atoms with E-state index in [0.717, 1.165) is 22.7 Å². The predicted octanol–water partition coefficient (Wildman–Crippen LogP) is 7.86. The number of benzene rings is 4. The molecule has 4 aromatic rings. The molecule has 0 fully saturated rings. The molecule has 0 spiro atoms. The zero-order valence-electron chi connectivity index (χ0n) is 16.5. The lowest BCUT2D eigenvalue weighted by molar-refractivity contribution is 1.67. The highest BCUT2D eigenvalue weighted by Crippen LogP contribution is 2.36. The van der Waals surface area contributed by atoms with Crippen LogP contribution in [0.2, 0.25) is 0 Å². The molecule has 0 aliphatic rings. The lowest BCUT2D eigenvalue weighted by Crippen LogP contribution is -2.31. The molecule has 0 aliphatic carbocycles. The minimum atomic E-state index is -0.504. The molecule has 4 rings (SSSR count). The van der Waals surface area contributed by atoms with Crippen molar-refractivity contribution in [2.24, 2.45) is 0 Å². The van der Waals surface area contributed by atoms with Crippen LogP contribution in [0.1, 0.15) is 0 Å². The fourth-order valence-corrected chi connectivity index (χ4v) is 2.99. The number of nitrogens with zero attached hydrogens (tertiary/aromatic N) is 4. The van der Waals surface area contributed by atoms with Crippen LogP contribution < -0.4 is 0 Å². The molecular formula is C24H20B2N4-4. The molecule has 0 atom stereocenters. The van der Waals surface area contributed by atoms with Crippen molar-refractivity contribution in [1.29, 1.82) is 0 Å². The summed E-state index contributed by atoms with van der Waals surface area (Å²) in [6.45, 7) is -1.01. The largest absolute Gasteiger partial charge is 0.729 e. The fraction of sp³-hybridized carbons (Fsp3) is 0. The van der Waals surface area contributed by atoms with Crippen molar-refractivity contribution in [3.63, 3.8) is 0 Å². The molecule has 0 radical (unpaired) electrons. The molecule has 146 valence electrons. The minimum absolute atomic E-state index is 0.504. The summed E-state index contributed by atoms with van der Waals surface area (Å²) >= 11 is 0. The summed E-state index contributed by atoms with van der Waals surface area (Å²) in [5.74, 6) is 0. The minimum Gasteiger partial charge on any atom is -0.729 e. The monoisotopic (exact) mass is 386 g/mol. The summed E-state index contributed by atoms with van der Waals surface area (Å²) in [4.78, 5) is 0. The van der Waals surface area contributed by atoms with Gasteiger partial charge in [0.2, 0.25) is 0 Å². The lowest BCUT2D eigenvalue weighted by Gasteiger charge is -2.63. The van der Waals surface area contributed by atoms with E-state index in [0.29, 0.717) is 0 Å². The normalized spacial score (nSPS) is 10.0. The standard InChI is InChI=1S/C24H20B2N4/c1-5-13-21(14-6-1)27-25(28-22-15-7-2-8-16-22)26(29-23-17-9-3-10-18-23)30-24-19-11-4-12-20-24/h1-20H/q-4. The molecule has 4 aromatic carbocycles. The first-order valence-electron chi connectivity index (χ1n) is 9.90. The first kappa shape index (κ1) is 19.5. The first-order valence-corrected chi connectivity index (χ1v) is 9.90. The molecule has 0 bridgehead atoms. The maximum absolute atomic E-state index is 4.89. The van der Waals surface area contributed by atoms with Gasteiger partial charge in [0.25, 0.3) is 0 Å². The van der Waals surface area contributed by atoms with Gasteiger partial charge in [0, 0.05) is 0 Å². The van der Waals surface area contributed by atoms with Crippen LogP contribution in [-0.2, 0) is 0 Å². The molecule has 0 amide bonds. The van der Waals surface area contributed by atoms with E-state index in [9.17, 15) is 0 Å². The third-order valence-corrected chi connectivity index (χ3v) is 4.42. The molecule has 0 aliphatic heterocycles. The Morgan fingerprint density at radius 1 is 0.300 bits per heavy atom. The van der Waals surface area contributed by atoms with Crippen LogP contribution in [0.3, 0.4) is 0 Å². The van der Waals surface area contributed by atoms with Crippen molar-refractivity contribution >= 4 is 36.5 Å². The Kier molecular flexibility index (Phi) is 6.59. The molecule has 4 nitrogen and oxygen atoms in total. The summed E-state index contributed by atoms with van der Waals surface area (Å²) < 4.78 is 0. The van der Waals surface area contributed by atoms with Crippen LogP contribution in [0.5, 0.6) is 0 Å². The predicted molar refractivity (Wildman–Crippen MR) is 129 cm³/mol. The van der Waals surface area contributed by atoms with Gasteiger partial charge in [-0.3, -0.25) is 0 Å². The molecule has 6 heteroatoms. The van der Waals surface area contributed by atoms with Gasteiger partial charge in [-0.2, -0.15) is 13.7 Å². The van der Waals surface area contributed by atoms with Gasteiger partial charge >= 0.3 is 0 Å². The van der Waals surface area contributed by atoms with Gasteiger partial charge in [-0.1, -0.05) is 121 Å². The van der Waals surface area contributed by atoms with Gasteiger partial charge in [0.15, 0.2) is 0 Å². The summed E-state index contributed by atoms with van der Waals surface area (Å²) in [5.41, 5.74) is 3.38. The summed E-state index contributed by atoms with van der Waals surface area (Å²) in [5, 5.41) is 19.6. The van der Waals surface area contributed by atoms with Crippen molar-refractivity contribution in [1.82, 2.24) is 0 Å². The van der Waals surface area contributed by atoms with Gasteiger partial charge in [-0.25, -0.2) is 0 Å². The third kappa shape index (κ3) is 5.61. The average molecular weight is 386 g/mol. The van der Waals surface area contributed by atoms with E-state index in [2.05, 4.69) is 0 Å². The van der Waals surface area contributed by atoms with E-state index >= 15 is 0 Å². The van der Waals surface area contributed by atoms with Crippen molar-refractivity contribution in [3.05, 3.63) is 142 Å². The Bertz CT molecular complexity index is 834. The first-order chi connectivity index (χ1) is 14.9. The average Bonchev–Trinajstić information content (AvgIpc) is 2.81. The molecule has 0 aromatic heterocycles. The van der Waals surface area contributed by atoms with E-state index in [1.807, 2.05) is 121 Å². The summed E-state index contributed by atoms with van der Waals surface area (Å²) in [6, 6.07) is 39.4. The van der Waals surface area contributed by atoms with Gasteiger partial charge in [-0.05, 0) is 0 Å². The van der Waals surface area contributed by atoms with E-state index in [1.165, 1.54) is 0 Å². The van der Waals surface area contributed by atoms with E-state index in [-0.39, 0.29) is 0 Å². The SMILES string of the molecule is c1ccc([N-]B([N-]c2ccccc2)B([N-]c2ccccc2)[N-]c2ccccc2)cc1. The Morgan fingerprint density at radius 3 is 0.700 bits per heavy atom. The molecule has 0 saturated heterocycles. The van der Waals surface area contributed by atoms with Crippen molar-refractivity contribution < 1.29 is 0 Å². The molecule has 0 N–H and O–H groups in total. The zero-order chi connectivity index (χ0) is 20.4. The van der Waals surface area contributed by atoms with Crippen molar-refractivity contribution in [2.45, 2.75) is 0 Å². The van der Waals surface area contributed by atoms with E-state index < -0.39 is 13.7 Å². The zero-order valence-corrected chi connectivity index (χ0v) is 16.5. The van der Waals surface area contributed by atoms with Crippen LogP contribution in [0.25, 0.3) is 20.9 Å². The summed E-state index contributed by atoms with van der Waals surface area (Å²) in [6.07, 6.45) is 0. The lowest BCUT2D eigenvalue weighted by atomic mass is 9.34. The molecule has 0 heterocycles. The van der Waals surface area contributed by atoms with Crippen molar-refractivity contribution in [3.8, 4) is 0 Å².